The minimum Gasteiger partial charge on any atom is -0.492 e. The van der Waals surface area contributed by atoms with E-state index in [4.69, 9.17) is 4.74 Å². The zero-order valence-corrected chi connectivity index (χ0v) is 15.0. The fourth-order valence-electron chi connectivity index (χ4n) is 2.03. The van der Waals surface area contributed by atoms with Crippen molar-refractivity contribution in [2.45, 2.75) is 20.4 Å². The standard InChI is InChI=1S/C16H16Br2FNO/c1-3-21-16-11(6-12(17)7-14(16)18)9-20-15-8-13(19)5-4-10(15)2/h4-8,20H,3,9H2,1-2H3. The van der Waals surface area contributed by atoms with Crippen molar-refractivity contribution in [2.24, 2.45) is 0 Å². The number of rotatable bonds is 5. The fourth-order valence-corrected chi connectivity index (χ4v) is 3.45. The summed E-state index contributed by atoms with van der Waals surface area (Å²) in [4.78, 5) is 0. The second-order valence-corrected chi connectivity index (χ2v) is 6.39. The molecule has 0 atom stereocenters. The molecular formula is C16H16Br2FNO. The maximum Gasteiger partial charge on any atom is 0.138 e. The molecule has 0 heterocycles. The zero-order valence-electron chi connectivity index (χ0n) is 11.8. The molecule has 0 spiro atoms. The Morgan fingerprint density at radius 2 is 1.95 bits per heavy atom. The Bertz CT molecular complexity index is 646. The van der Waals surface area contributed by atoms with Gasteiger partial charge in [0.2, 0.25) is 0 Å². The van der Waals surface area contributed by atoms with Gasteiger partial charge in [0, 0.05) is 22.3 Å². The zero-order chi connectivity index (χ0) is 15.4. The molecule has 2 aromatic rings. The van der Waals surface area contributed by atoms with Gasteiger partial charge in [-0.05, 0) is 59.6 Å². The molecule has 0 aliphatic carbocycles. The number of anilines is 1. The quantitative estimate of drug-likeness (QED) is 0.677. The first-order valence-electron chi connectivity index (χ1n) is 6.62. The molecule has 1 N–H and O–H groups in total. The normalized spacial score (nSPS) is 10.5. The van der Waals surface area contributed by atoms with E-state index in [9.17, 15) is 4.39 Å². The minimum absolute atomic E-state index is 0.247. The SMILES string of the molecule is CCOc1c(Br)cc(Br)cc1CNc1cc(F)ccc1C. The van der Waals surface area contributed by atoms with Crippen molar-refractivity contribution in [3.05, 3.63) is 56.2 Å². The summed E-state index contributed by atoms with van der Waals surface area (Å²) >= 11 is 6.99. The van der Waals surface area contributed by atoms with Crippen LogP contribution in [-0.4, -0.2) is 6.61 Å². The first-order chi connectivity index (χ1) is 10.0. The number of hydrogen-bond acceptors (Lipinski definition) is 2. The van der Waals surface area contributed by atoms with Crippen LogP contribution in [0.3, 0.4) is 0 Å². The number of aryl methyl sites for hydroxylation is 1. The first-order valence-corrected chi connectivity index (χ1v) is 8.20. The molecule has 2 rings (SSSR count). The topological polar surface area (TPSA) is 21.3 Å². The van der Waals surface area contributed by atoms with Gasteiger partial charge in [0.15, 0.2) is 0 Å². The molecule has 0 bridgehead atoms. The number of hydrogen-bond donors (Lipinski definition) is 1. The van der Waals surface area contributed by atoms with Crippen LogP contribution in [0.2, 0.25) is 0 Å². The summed E-state index contributed by atoms with van der Waals surface area (Å²) < 4.78 is 20.9. The van der Waals surface area contributed by atoms with Gasteiger partial charge in [0.1, 0.15) is 11.6 Å². The maximum atomic E-state index is 13.3. The predicted octanol–water partition coefficient (Wildman–Crippen LogP) is 5.67. The van der Waals surface area contributed by atoms with Crippen LogP contribution in [0.5, 0.6) is 5.75 Å². The molecule has 0 saturated carbocycles. The van der Waals surface area contributed by atoms with E-state index in [1.54, 1.807) is 6.07 Å². The van der Waals surface area contributed by atoms with Gasteiger partial charge in [-0.15, -0.1) is 0 Å². The second-order valence-electron chi connectivity index (χ2n) is 4.62. The van der Waals surface area contributed by atoms with Crippen LogP contribution in [0.1, 0.15) is 18.1 Å². The highest BCUT2D eigenvalue weighted by molar-refractivity contribution is 9.11. The van der Waals surface area contributed by atoms with Crippen molar-refractivity contribution in [3.63, 3.8) is 0 Å². The van der Waals surface area contributed by atoms with Crippen molar-refractivity contribution in [3.8, 4) is 5.75 Å². The van der Waals surface area contributed by atoms with Gasteiger partial charge in [-0.25, -0.2) is 4.39 Å². The molecule has 5 heteroatoms. The third-order valence-electron chi connectivity index (χ3n) is 3.04. The van der Waals surface area contributed by atoms with E-state index in [0.717, 1.165) is 31.5 Å². The van der Waals surface area contributed by atoms with Gasteiger partial charge < -0.3 is 10.1 Å². The molecule has 2 aromatic carbocycles. The minimum atomic E-state index is -0.247. The van der Waals surface area contributed by atoms with E-state index in [1.807, 2.05) is 26.0 Å². The molecule has 0 unspecified atom stereocenters. The van der Waals surface area contributed by atoms with Crippen molar-refractivity contribution in [1.29, 1.82) is 0 Å². The Labute approximate surface area is 141 Å². The number of nitrogens with one attached hydrogen (secondary N) is 1. The van der Waals surface area contributed by atoms with Crippen molar-refractivity contribution < 1.29 is 9.13 Å². The van der Waals surface area contributed by atoms with E-state index in [1.165, 1.54) is 12.1 Å². The Hall–Kier alpha value is -1.07. The molecule has 0 radical (unpaired) electrons. The Kier molecular flexibility index (Phi) is 5.65. The lowest BCUT2D eigenvalue weighted by Gasteiger charge is -2.15. The van der Waals surface area contributed by atoms with Crippen LogP contribution in [0.15, 0.2) is 39.3 Å². The molecule has 0 fully saturated rings. The van der Waals surface area contributed by atoms with Crippen LogP contribution in [0.4, 0.5) is 10.1 Å². The molecular weight excluding hydrogens is 401 g/mol. The van der Waals surface area contributed by atoms with Gasteiger partial charge in [-0.3, -0.25) is 0 Å². The van der Waals surface area contributed by atoms with E-state index in [0.29, 0.717) is 13.2 Å². The van der Waals surface area contributed by atoms with E-state index in [2.05, 4.69) is 37.2 Å². The van der Waals surface area contributed by atoms with Crippen LogP contribution in [0.25, 0.3) is 0 Å². The Balaban J connectivity index is 2.25. The van der Waals surface area contributed by atoms with E-state index >= 15 is 0 Å². The van der Waals surface area contributed by atoms with Gasteiger partial charge >= 0.3 is 0 Å². The largest absolute Gasteiger partial charge is 0.492 e. The molecule has 0 aromatic heterocycles. The third kappa shape index (κ3) is 4.20. The van der Waals surface area contributed by atoms with Crippen molar-refractivity contribution >= 4 is 37.5 Å². The average molecular weight is 417 g/mol. The summed E-state index contributed by atoms with van der Waals surface area (Å²) in [7, 11) is 0. The molecule has 0 amide bonds. The van der Waals surface area contributed by atoms with Crippen molar-refractivity contribution in [1.82, 2.24) is 0 Å². The lowest BCUT2D eigenvalue weighted by atomic mass is 10.1. The summed E-state index contributed by atoms with van der Waals surface area (Å²) in [5.74, 6) is 0.561. The monoisotopic (exact) mass is 415 g/mol. The number of halogens is 3. The smallest absolute Gasteiger partial charge is 0.138 e. The van der Waals surface area contributed by atoms with Crippen LogP contribution in [-0.2, 0) is 6.54 Å². The highest BCUT2D eigenvalue weighted by atomic mass is 79.9. The highest BCUT2D eigenvalue weighted by Crippen LogP contribution is 2.33. The molecule has 0 saturated heterocycles. The third-order valence-corrected chi connectivity index (χ3v) is 4.09. The summed E-state index contributed by atoms with van der Waals surface area (Å²) in [6.45, 7) is 5.04. The van der Waals surface area contributed by atoms with Gasteiger partial charge in [0.25, 0.3) is 0 Å². The predicted molar refractivity (Wildman–Crippen MR) is 91.5 cm³/mol. The molecule has 21 heavy (non-hydrogen) atoms. The summed E-state index contributed by atoms with van der Waals surface area (Å²) in [6.07, 6.45) is 0. The van der Waals surface area contributed by atoms with Gasteiger partial charge in [0.05, 0.1) is 11.1 Å². The summed E-state index contributed by atoms with van der Waals surface area (Å²) in [6, 6.07) is 8.67. The maximum absolute atomic E-state index is 13.3. The molecule has 0 aliphatic heterocycles. The van der Waals surface area contributed by atoms with Gasteiger partial charge in [-0.1, -0.05) is 22.0 Å². The average Bonchev–Trinajstić information content (AvgIpc) is 2.43. The summed E-state index contributed by atoms with van der Waals surface area (Å²) in [5, 5.41) is 3.26. The van der Waals surface area contributed by atoms with Crippen LogP contribution >= 0.6 is 31.9 Å². The van der Waals surface area contributed by atoms with Crippen LogP contribution < -0.4 is 10.1 Å². The van der Waals surface area contributed by atoms with Crippen LogP contribution in [0, 0.1) is 12.7 Å². The molecule has 2 nitrogen and oxygen atoms in total. The van der Waals surface area contributed by atoms with Crippen molar-refractivity contribution in [2.75, 3.05) is 11.9 Å². The Morgan fingerprint density at radius 3 is 2.67 bits per heavy atom. The molecule has 0 aliphatic rings. The number of ether oxygens (including phenoxy) is 1. The lowest BCUT2D eigenvalue weighted by Crippen LogP contribution is -2.05. The fraction of sp³-hybridized carbons (Fsp3) is 0.250. The molecule has 112 valence electrons. The number of benzene rings is 2. The first kappa shape index (κ1) is 16.3. The van der Waals surface area contributed by atoms with E-state index < -0.39 is 0 Å². The lowest BCUT2D eigenvalue weighted by molar-refractivity contribution is 0.334. The van der Waals surface area contributed by atoms with E-state index in [-0.39, 0.29) is 5.82 Å². The second kappa shape index (κ2) is 7.27. The van der Waals surface area contributed by atoms with Gasteiger partial charge in [-0.2, -0.15) is 0 Å². The Morgan fingerprint density at radius 1 is 1.19 bits per heavy atom. The summed E-state index contributed by atoms with van der Waals surface area (Å²) in [5.41, 5.74) is 2.79. The highest BCUT2D eigenvalue weighted by Gasteiger charge is 2.10.